The topological polar surface area (TPSA) is 64.1 Å². The van der Waals surface area contributed by atoms with Crippen molar-refractivity contribution in [3.63, 3.8) is 0 Å². The Morgan fingerprint density at radius 2 is 1.81 bits per heavy atom. The fraction of sp³-hybridized carbons (Fsp3) is 0.321. The molecule has 1 N–H and O–H groups in total. The van der Waals surface area contributed by atoms with Gasteiger partial charge in [0.2, 0.25) is 0 Å². The van der Waals surface area contributed by atoms with Crippen LogP contribution < -0.4 is 10.1 Å². The minimum Gasteiger partial charge on any atom is -0.494 e. The van der Waals surface area contributed by atoms with Crippen molar-refractivity contribution in [2.45, 2.75) is 45.2 Å². The van der Waals surface area contributed by atoms with Crippen molar-refractivity contribution in [3.8, 4) is 16.9 Å². The summed E-state index contributed by atoms with van der Waals surface area (Å²) in [5, 5.41) is 3.15. The van der Waals surface area contributed by atoms with Gasteiger partial charge in [-0.15, -0.1) is 0 Å². The smallest absolute Gasteiger partial charge is 0.417 e. The predicted octanol–water partition coefficient (Wildman–Crippen LogP) is 6.68. The summed E-state index contributed by atoms with van der Waals surface area (Å²) in [7, 11) is 1.40. The van der Waals surface area contributed by atoms with Crippen LogP contribution in [0.3, 0.4) is 0 Å². The van der Waals surface area contributed by atoms with E-state index in [-0.39, 0.29) is 40.3 Å². The number of allylic oxidation sites excluding steroid dienone is 2. The maximum Gasteiger partial charge on any atom is 0.417 e. The van der Waals surface area contributed by atoms with Crippen molar-refractivity contribution in [3.05, 3.63) is 82.7 Å². The maximum absolute atomic E-state index is 14.9. The standard InChI is InChI=1S/C28H25F4N3O2/c1-26(2)10-20-24(21(36)11-26)27(3,18-9-17(28(30,31)32)12-34-25(18)35-20)16-7-5-6-15(8-16)23-19(29)13-33-14-22(23)37-4/h5-9,12-14H,10-11H2,1-4H3,(H,34,35)/t27-/m0/s1. The Kier molecular flexibility index (Phi) is 5.65. The lowest BCUT2D eigenvalue weighted by atomic mass is 9.61. The molecule has 0 saturated carbocycles. The molecule has 3 heterocycles. The van der Waals surface area contributed by atoms with Gasteiger partial charge in [0.25, 0.3) is 0 Å². The summed E-state index contributed by atoms with van der Waals surface area (Å²) in [4.78, 5) is 21.6. The predicted molar refractivity (Wildman–Crippen MR) is 131 cm³/mol. The van der Waals surface area contributed by atoms with Crippen molar-refractivity contribution in [1.82, 2.24) is 9.97 Å². The van der Waals surface area contributed by atoms with Crippen molar-refractivity contribution in [2.75, 3.05) is 12.4 Å². The van der Waals surface area contributed by atoms with E-state index in [2.05, 4.69) is 15.3 Å². The number of ketones is 1. The number of rotatable bonds is 3. The zero-order valence-corrected chi connectivity index (χ0v) is 20.8. The molecule has 0 unspecified atom stereocenters. The number of nitrogens with one attached hydrogen (secondary N) is 1. The zero-order chi connectivity index (χ0) is 26.8. The van der Waals surface area contributed by atoms with Crippen LogP contribution in [0.25, 0.3) is 11.1 Å². The molecule has 0 amide bonds. The van der Waals surface area contributed by atoms with Crippen LogP contribution in [-0.2, 0) is 16.4 Å². The number of alkyl halides is 3. The summed E-state index contributed by atoms with van der Waals surface area (Å²) in [6, 6.07) is 7.85. The Hall–Kier alpha value is -3.75. The molecule has 3 aromatic rings. The van der Waals surface area contributed by atoms with E-state index < -0.39 is 23.0 Å². The number of benzene rings is 1. The van der Waals surface area contributed by atoms with Crippen molar-refractivity contribution in [1.29, 1.82) is 0 Å². The molecule has 9 heteroatoms. The number of carbonyl (C=O) groups is 1. The number of ether oxygens (including phenoxy) is 1. The molecule has 1 aliphatic heterocycles. The Balaban J connectivity index is 1.79. The first kappa shape index (κ1) is 24.9. The summed E-state index contributed by atoms with van der Waals surface area (Å²) >= 11 is 0. The average Bonchev–Trinajstić information content (AvgIpc) is 2.82. The highest BCUT2D eigenvalue weighted by Gasteiger charge is 2.49. The third-order valence-corrected chi connectivity index (χ3v) is 7.21. The first-order chi connectivity index (χ1) is 17.3. The van der Waals surface area contributed by atoms with Gasteiger partial charge in [-0.2, -0.15) is 13.2 Å². The summed E-state index contributed by atoms with van der Waals surface area (Å²) in [5.74, 6) is -0.284. The fourth-order valence-corrected chi connectivity index (χ4v) is 5.52. The lowest BCUT2D eigenvalue weighted by molar-refractivity contribution is -0.137. The van der Waals surface area contributed by atoms with Crippen LogP contribution in [0.2, 0.25) is 0 Å². The number of Topliss-reactive ketones (excluding diaryl/α,β-unsaturated/α-hetero) is 1. The minimum absolute atomic E-state index is 0.151. The Morgan fingerprint density at radius 3 is 2.51 bits per heavy atom. The largest absolute Gasteiger partial charge is 0.494 e. The number of carbonyl (C=O) groups excluding carboxylic acids is 1. The van der Waals surface area contributed by atoms with Gasteiger partial charge in [-0.05, 0) is 42.0 Å². The van der Waals surface area contributed by atoms with E-state index in [1.807, 2.05) is 13.8 Å². The number of hydrogen-bond donors (Lipinski definition) is 1. The number of nitrogens with zero attached hydrogens (tertiary/aromatic N) is 2. The van der Waals surface area contributed by atoms with Crippen molar-refractivity contribution >= 4 is 11.6 Å². The van der Waals surface area contributed by atoms with Crippen LogP contribution in [0.1, 0.15) is 50.3 Å². The normalized spacial score (nSPS) is 20.7. The van der Waals surface area contributed by atoms with Gasteiger partial charge in [0.1, 0.15) is 11.6 Å². The Morgan fingerprint density at radius 1 is 1.05 bits per heavy atom. The van der Waals surface area contributed by atoms with Gasteiger partial charge in [-0.25, -0.2) is 9.37 Å². The zero-order valence-electron chi connectivity index (χ0n) is 20.8. The highest BCUT2D eigenvalue weighted by Crippen LogP contribution is 2.53. The quantitative estimate of drug-likeness (QED) is 0.397. The molecule has 5 rings (SSSR count). The van der Waals surface area contributed by atoms with Gasteiger partial charge in [0, 0.05) is 29.5 Å². The number of anilines is 1. The highest BCUT2D eigenvalue weighted by molar-refractivity contribution is 6.03. The number of aromatic nitrogens is 2. The van der Waals surface area contributed by atoms with E-state index in [4.69, 9.17) is 4.74 Å². The molecular formula is C28H25F4N3O2. The summed E-state index contributed by atoms with van der Waals surface area (Å²) in [6.45, 7) is 5.68. The molecule has 2 aromatic heterocycles. The maximum atomic E-state index is 14.9. The highest BCUT2D eigenvalue weighted by atomic mass is 19.4. The van der Waals surface area contributed by atoms with E-state index in [1.165, 1.54) is 13.3 Å². The molecule has 0 bridgehead atoms. The lowest BCUT2D eigenvalue weighted by Gasteiger charge is -2.44. The number of halogens is 4. The number of methoxy groups -OCH3 is 1. The average molecular weight is 512 g/mol. The van der Waals surface area contributed by atoms with Crippen LogP contribution in [0.15, 0.2) is 60.2 Å². The second kappa shape index (κ2) is 8.39. The molecule has 37 heavy (non-hydrogen) atoms. The van der Waals surface area contributed by atoms with Crippen molar-refractivity contribution in [2.24, 2.45) is 5.41 Å². The third kappa shape index (κ3) is 4.06. The van der Waals surface area contributed by atoms with Gasteiger partial charge in [-0.1, -0.05) is 32.0 Å². The minimum atomic E-state index is -4.62. The number of hydrogen-bond acceptors (Lipinski definition) is 5. The monoisotopic (exact) mass is 511 g/mol. The number of fused-ring (bicyclic) bond motifs is 1. The van der Waals surface area contributed by atoms with Gasteiger partial charge in [-0.3, -0.25) is 9.78 Å². The second-order valence-corrected chi connectivity index (χ2v) is 10.4. The molecule has 1 aromatic carbocycles. The third-order valence-electron chi connectivity index (χ3n) is 7.21. The molecule has 2 aliphatic rings. The van der Waals surface area contributed by atoms with E-state index in [0.29, 0.717) is 28.8 Å². The van der Waals surface area contributed by atoms with Gasteiger partial charge >= 0.3 is 6.18 Å². The molecule has 0 fully saturated rings. The Bertz CT molecular complexity index is 1460. The van der Waals surface area contributed by atoms with E-state index in [0.717, 1.165) is 18.5 Å². The number of pyridine rings is 2. The molecule has 0 spiro atoms. The van der Waals surface area contributed by atoms with Crippen molar-refractivity contribution < 1.29 is 27.1 Å². The first-order valence-corrected chi connectivity index (χ1v) is 11.7. The SMILES string of the molecule is COc1cncc(F)c1-c1cccc([C@]2(C)C3=C(CC(C)(C)CC3=O)Nc3ncc(C(F)(F)F)cc32)c1. The van der Waals surface area contributed by atoms with E-state index in [1.54, 1.807) is 31.2 Å². The van der Waals surface area contributed by atoms with Crippen LogP contribution in [0.4, 0.5) is 23.4 Å². The molecule has 5 nitrogen and oxygen atoms in total. The first-order valence-electron chi connectivity index (χ1n) is 11.7. The second-order valence-electron chi connectivity index (χ2n) is 10.4. The molecule has 192 valence electrons. The van der Waals surface area contributed by atoms with Crippen LogP contribution in [0.5, 0.6) is 5.75 Å². The summed E-state index contributed by atoms with van der Waals surface area (Å²) < 4.78 is 61.4. The van der Waals surface area contributed by atoms with Gasteiger partial charge < -0.3 is 10.1 Å². The fourth-order valence-electron chi connectivity index (χ4n) is 5.52. The van der Waals surface area contributed by atoms with Gasteiger partial charge in [0.15, 0.2) is 11.6 Å². The van der Waals surface area contributed by atoms with E-state index >= 15 is 0 Å². The molecule has 1 aliphatic carbocycles. The summed E-state index contributed by atoms with van der Waals surface area (Å²) in [5.41, 5.74) is -0.0918. The van der Waals surface area contributed by atoms with Crippen LogP contribution >= 0.6 is 0 Å². The summed E-state index contributed by atoms with van der Waals surface area (Å²) in [6.07, 6.45) is -0.596. The molecule has 0 radical (unpaired) electrons. The van der Waals surface area contributed by atoms with Crippen LogP contribution in [0, 0.1) is 11.2 Å². The van der Waals surface area contributed by atoms with Gasteiger partial charge in [0.05, 0.1) is 36.0 Å². The van der Waals surface area contributed by atoms with Crippen LogP contribution in [-0.4, -0.2) is 22.9 Å². The molecule has 0 saturated heterocycles. The molecule has 1 atom stereocenters. The van der Waals surface area contributed by atoms with E-state index in [9.17, 15) is 22.4 Å². The molecular weight excluding hydrogens is 486 g/mol. The Labute approximate surface area is 211 Å². The lowest BCUT2D eigenvalue weighted by Crippen LogP contribution is -2.42.